The molecule has 1 aromatic carbocycles. The summed E-state index contributed by atoms with van der Waals surface area (Å²) in [4.78, 5) is 11.5. The Balaban J connectivity index is 2.83. The highest BCUT2D eigenvalue weighted by atomic mass is 16.1. The van der Waals surface area contributed by atoms with Crippen LogP contribution in [0.4, 0.5) is 0 Å². The van der Waals surface area contributed by atoms with Gasteiger partial charge in [-0.1, -0.05) is 12.1 Å². The molecule has 0 bridgehead atoms. The van der Waals surface area contributed by atoms with Crippen molar-refractivity contribution in [2.45, 2.75) is 20.8 Å². The highest BCUT2D eigenvalue weighted by molar-refractivity contribution is 6.15. The number of hydrogen-bond acceptors (Lipinski definition) is 1. The van der Waals surface area contributed by atoms with Crippen LogP contribution in [0, 0.1) is 20.8 Å². The highest BCUT2D eigenvalue weighted by Gasteiger charge is 2.18. The van der Waals surface area contributed by atoms with E-state index in [9.17, 15) is 4.79 Å². The minimum absolute atomic E-state index is 0.152. The van der Waals surface area contributed by atoms with Crippen molar-refractivity contribution in [3.63, 3.8) is 0 Å². The van der Waals surface area contributed by atoms with E-state index in [0.29, 0.717) is 0 Å². The summed E-state index contributed by atoms with van der Waals surface area (Å²) >= 11 is 0. The molecule has 0 saturated carbocycles. The minimum Gasteiger partial charge on any atom is -0.289 e. The molecule has 0 unspecified atom stereocenters. The van der Waals surface area contributed by atoms with Crippen molar-refractivity contribution in [1.29, 1.82) is 0 Å². The summed E-state index contributed by atoms with van der Waals surface area (Å²) in [5, 5.41) is 0. The summed E-state index contributed by atoms with van der Waals surface area (Å²) in [6, 6.07) is 2.14. The molecule has 66 valence electrons. The summed E-state index contributed by atoms with van der Waals surface area (Å²) < 4.78 is 0. The molecule has 0 radical (unpaired) electrons. The zero-order valence-corrected chi connectivity index (χ0v) is 8.14. The molecule has 1 aliphatic rings. The molecule has 0 heterocycles. The summed E-state index contributed by atoms with van der Waals surface area (Å²) in [6.07, 6.45) is 3.57. The van der Waals surface area contributed by atoms with Crippen molar-refractivity contribution < 1.29 is 4.79 Å². The lowest BCUT2D eigenvalue weighted by atomic mass is 9.95. The highest BCUT2D eigenvalue weighted by Crippen LogP contribution is 2.28. The van der Waals surface area contributed by atoms with E-state index in [1.54, 1.807) is 6.08 Å². The SMILES string of the molecule is Cc1cc(C)c2c(c1C)C(=O)C=C2. The van der Waals surface area contributed by atoms with Crippen LogP contribution in [0.3, 0.4) is 0 Å². The Morgan fingerprint density at radius 1 is 1.00 bits per heavy atom. The Morgan fingerprint density at radius 3 is 2.38 bits per heavy atom. The van der Waals surface area contributed by atoms with Gasteiger partial charge in [-0.05, 0) is 49.1 Å². The van der Waals surface area contributed by atoms with E-state index in [0.717, 1.165) is 16.7 Å². The molecule has 0 aromatic heterocycles. The fraction of sp³-hybridized carbons (Fsp3) is 0.250. The van der Waals surface area contributed by atoms with Crippen LogP contribution in [0.2, 0.25) is 0 Å². The molecule has 0 N–H and O–H groups in total. The third-order valence-corrected chi connectivity index (χ3v) is 2.74. The van der Waals surface area contributed by atoms with Gasteiger partial charge < -0.3 is 0 Å². The van der Waals surface area contributed by atoms with E-state index >= 15 is 0 Å². The van der Waals surface area contributed by atoms with E-state index in [1.807, 2.05) is 26.8 Å². The summed E-state index contributed by atoms with van der Waals surface area (Å²) in [5.41, 5.74) is 5.52. The molecule has 0 atom stereocenters. The van der Waals surface area contributed by atoms with E-state index in [-0.39, 0.29) is 5.78 Å². The molecule has 1 aromatic rings. The monoisotopic (exact) mass is 172 g/mol. The fourth-order valence-electron chi connectivity index (χ4n) is 1.88. The minimum atomic E-state index is 0.152. The summed E-state index contributed by atoms with van der Waals surface area (Å²) in [5.74, 6) is 0.152. The molecule has 1 heteroatoms. The van der Waals surface area contributed by atoms with Crippen LogP contribution in [-0.4, -0.2) is 5.78 Å². The van der Waals surface area contributed by atoms with Gasteiger partial charge in [-0.2, -0.15) is 0 Å². The first-order valence-electron chi connectivity index (χ1n) is 4.44. The molecular weight excluding hydrogens is 160 g/mol. The van der Waals surface area contributed by atoms with Gasteiger partial charge in [0.05, 0.1) is 0 Å². The van der Waals surface area contributed by atoms with Crippen LogP contribution >= 0.6 is 0 Å². The quantitative estimate of drug-likeness (QED) is 0.588. The predicted molar refractivity (Wildman–Crippen MR) is 54.0 cm³/mol. The van der Waals surface area contributed by atoms with Crippen LogP contribution in [-0.2, 0) is 0 Å². The number of rotatable bonds is 0. The van der Waals surface area contributed by atoms with E-state index in [4.69, 9.17) is 0 Å². The van der Waals surface area contributed by atoms with Crippen LogP contribution in [0.25, 0.3) is 6.08 Å². The maximum absolute atomic E-state index is 11.5. The lowest BCUT2D eigenvalue weighted by Gasteiger charge is -2.09. The molecule has 1 nitrogen and oxygen atoms in total. The molecule has 0 saturated heterocycles. The second kappa shape index (κ2) is 2.56. The van der Waals surface area contributed by atoms with Gasteiger partial charge in [0, 0.05) is 5.56 Å². The smallest absolute Gasteiger partial charge is 0.186 e. The Hall–Kier alpha value is -1.37. The number of carbonyl (C=O) groups excluding carboxylic acids is 1. The van der Waals surface area contributed by atoms with E-state index in [1.165, 1.54) is 11.1 Å². The molecule has 1 aliphatic carbocycles. The van der Waals surface area contributed by atoms with Gasteiger partial charge in [0.15, 0.2) is 5.78 Å². The normalized spacial score (nSPS) is 13.6. The van der Waals surface area contributed by atoms with Crippen LogP contribution < -0.4 is 0 Å². The molecule has 0 amide bonds. The molecule has 0 aliphatic heterocycles. The molecule has 2 rings (SSSR count). The number of ketones is 1. The first-order valence-corrected chi connectivity index (χ1v) is 4.44. The molecule has 0 spiro atoms. The van der Waals surface area contributed by atoms with Gasteiger partial charge in [-0.15, -0.1) is 0 Å². The van der Waals surface area contributed by atoms with Crippen molar-refractivity contribution >= 4 is 11.9 Å². The van der Waals surface area contributed by atoms with Crippen molar-refractivity contribution in [3.8, 4) is 0 Å². The van der Waals surface area contributed by atoms with E-state index in [2.05, 4.69) is 6.07 Å². The van der Waals surface area contributed by atoms with Gasteiger partial charge in [0.25, 0.3) is 0 Å². The Labute approximate surface area is 78.1 Å². The fourth-order valence-corrected chi connectivity index (χ4v) is 1.88. The van der Waals surface area contributed by atoms with Crippen molar-refractivity contribution in [3.05, 3.63) is 40.0 Å². The number of hydrogen-bond donors (Lipinski definition) is 0. The number of aryl methyl sites for hydroxylation is 2. The van der Waals surface area contributed by atoms with Crippen LogP contribution in [0.1, 0.15) is 32.6 Å². The molecular formula is C12H12O. The average molecular weight is 172 g/mol. The largest absolute Gasteiger partial charge is 0.289 e. The van der Waals surface area contributed by atoms with E-state index < -0.39 is 0 Å². The van der Waals surface area contributed by atoms with Crippen molar-refractivity contribution in [2.75, 3.05) is 0 Å². The first kappa shape index (κ1) is 8.24. The van der Waals surface area contributed by atoms with Crippen LogP contribution in [0.15, 0.2) is 12.1 Å². The lowest BCUT2D eigenvalue weighted by molar-refractivity contribution is 0.104. The second-order valence-corrected chi connectivity index (χ2v) is 3.62. The van der Waals surface area contributed by atoms with Crippen molar-refractivity contribution in [1.82, 2.24) is 0 Å². The van der Waals surface area contributed by atoms with Gasteiger partial charge in [-0.25, -0.2) is 0 Å². The van der Waals surface area contributed by atoms with Gasteiger partial charge >= 0.3 is 0 Å². The lowest BCUT2D eigenvalue weighted by Crippen LogP contribution is -2.00. The third-order valence-electron chi connectivity index (χ3n) is 2.74. The summed E-state index contributed by atoms with van der Waals surface area (Å²) in [6.45, 7) is 6.11. The van der Waals surface area contributed by atoms with Gasteiger partial charge in [-0.3, -0.25) is 4.79 Å². The zero-order valence-electron chi connectivity index (χ0n) is 8.14. The number of fused-ring (bicyclic) bond motifs is 1. The number of allylic oxidation sites excluding steroid dienone is 1. The standard InChI is InChI=1S/C12H12O/c1-7-6-8(2)10-4-5-11(13)12(10)9(7)3/h4-6H,1-3H3. The average Bonchev–Trinajstić information content (AvgIpc) is 2.44. The topological polar surface area (TPSA) is 17.1 Å². The van der Waals surface area contributed by atoms with Crippen LogP contribution in [0.5, 0.6) is 0 Å². The Morgan fingerprint density at radius 2 is 1.69 bits per heavy atom. The maximum Gasteiger partial charge on any atom is 0.186 e. The maximum atomic E-state index is 11.5. The second-order valence-electron chi connectivity index (χ2n) is 3.62. The predicted octanol–water partition coefficient (Wildman–Crippen LogP) is 2.82. The summed E-state index contributed by atoms with van der Waals surface area (Å²) in [7, 11) is 0. The zero-order chi connectivity index (χ0) is 9.59. The van der Waals surface area contributed by atoms with Gasteiger partial charge in [0.1, 0.15) is 0 Å². The van der Waals surface area contributed by atoms with Gasteiger partial charge in [0.2, 0.25) is 0 Å². The Kier molecular flexibility index (Phi) is 1.62. The number of benzene rings is 1. The Bertz CT molecular complexity index is 425. The molecule has 13 heavy (non-hydrogen) atoms. The first-order chi connectivity index (χ1) is 6.11. The van der Waals surface area contributed by atoms with Crippen molar-refractivity contribution in [2.24, 2.45) is 0 Å². The number of carbonyl (C=O) groups is 1. The third kappa shape index (κ3) is 1.04. The molecule has 0 fully saturated rings.